The first-order valence-electron chi connectivity index (χ1n) is 8.57. The fourth-order valence-corrected chi connectivity index (χ4v) is 2.31. The molecule has 0 aliphatic carbocycles. The van der Waals surface area contributed by atoms with Crippen LogP contribution in [0.25, 0.3) is 0 Å². The number of unbranched alkanes of at least 4 members (excludes halogenated alkanes) is 2. The summed E-state index contributed by atoms with van der Waals surface area (Å²) < 4.78 is 0. The molecule has 6 heteroatoms. The maximum atomic E-state index is 11.7. The van der Waals surface area contributed by atoms with Gasteiger partial charge in [0.1, 0.15) is 0 Å². The first-order valence-corrected chi connectivity index (χ1v) is 8.57. The summed E-state index contributed by atoms with van der Waals surface area (Å²) in [6.07, 6.45) is 6.78. The second-order valence-corrected chi connectivity index (χ2v) is 5.76. The minimum Gasteiger partial charge on any atom is -0.350 e. The topological polar surface area (TPSA) is 84.0 Å². The van der Waals surface area contributed by atoms with Gasteiger partial charge in [-0.05, 0) is 37.1 Å². The summed E-state index contributed by atoms with van der Waals surface area (Å²) >= 11 is 0. The summed E-state index contributed by atoms with van der Waals surface area (Å²) in [7, 11) is 0. The first-order chi connectivity index (χ1) is 12.2. The van der Waals surface area contributed by atoms with E-state index in [1.54, 1.807) is 12.4 Å². The second-order valence-electron chi connectivity index (χ2n) is 5.76. The molecule has 0 radical (unpaired) electrons. The smallest absolute Gasteiger partial charge is 0.220 e. The molecule has 0 saturated carbocycles. The first kappa shape index (κ1) is 18.6. The number of amides is 2. The van der Waals surface area contributed by atoms with Crippen molar-refractivity contribution in [2.75, 3.05) is 0 Å². The zero-order valence-corrected chi connectivity index (χ0v) is 14.3. The van der Waals surface area contributed by atoms with Crippen LogP contribution in [-0.4, -0.2) is 21.8 Å². The molecule has 0 fully saturated rings. The Morgan fingerprint density at radius 2 is 1.20 bits per heavy atom. The molecule has 0 atom stereocenters. The molecule has 132 valence electrons. The highest BCUT2D eigenvalue weighted by atomic mass is 16.2. The van der Waals surface area contributed by atoms with Crippen LogP contribution < -0.4 is 10.6 Å². The summed E-state index contributed by atoms with van der Waals surface area (Å²) in [6, 6.07) is 11.2. The Hall–Kier alpha value is -2.76. The van der Waals surface area contributed by atoms with Crippen molar-refractivity contribution in [3.8, 4) is 0 Å². The Morgan fingerprint density at radius 1 is 0.720 bits per heavy atom. The SMILES string of the molecule is O=C(CCCCCC(=O)NCc1ccccn1)NCc1ccccn1. The second kappa shape index (κ2) is 10.9. The third-order valence-corrected chi connectivity index (χ3v) is 3.69. The molecule has 2 rings (SSSR count). The molecular formula is C19H24N4O2. The number of carbonyl (C=O) groups excluding carboxylic acids is 2. The van der Waals surface area contributed by atoms with Gasteiger partial charge >= 0.3 is 0 Å². The molecule has 0 aliphatic heterocycles. The van der Waals surface area contributed by atoms with E-state index in [9.17, 15) is 9.59 Å². The number of carbonyl (C=O) groups is 2. The number of hydrogen-bond donors (Lipinski definition) is 2. The molecule has 0 saturated heterocycles. The highest BCUT2D eigenvalue weighted by Crippen LogP contribution is 2.04. The highest BCUT2D eigenvalue weighted by molar-refractivity contribution is 5.76. The molecule has 2 amide bonds. The molecule has 0 aliphatic rings. The van der Waals surface area contributed by atoms with E-state index in [-0.39, 0.29) is 11.8 Å². The normalized spacial score (nSPS) is 10.2. The van der Waals surface area contributed by atoms with Crippen molar-refractivity contribution >= 4 is 11.8 Å². The summed E-state index contributed by atoms with van der Waals surface area (Å²) in [6.45, 7) is 0.908. The number of pyridine rings is 2. The van der Waals surface area contributed by atoms with Gasteiger partial charge in [0, 0.05) is 25.2 Å². The van der Waals surface area contributed by atoms with Crippen LogP contribution >= 0.6 is 0 Å². The zero-order valence-electron chi connectivity index (χ0n) is 14.3. The standard InChI is InChI=1S/C19H24N4O2/c24-18(22-14-16-8-4-6-12-20-16)10-2-1-3-11-19(25)23-15-17-9-5-7-13-21-17/h4-9,12-13H,1-3,10-11,14-15H2,(H,22,24)(H,23,25). The van der Waals surface area contributed by atoms with Crippen LogP contribution in [0.3, 0.4) is 0 Å². The number of rotatable bonds is 10. The van der Waals surface area contributed by atoms with Crippen molar-refractivity contribution in [2.45, 2.75) is 45.2 Å². The minimum atomic E-state index is 0.0188. The summed E-state index contributed by atoms with van der Waals surface area (Å²) in [5.41, 5.74) is 1.70. The average molecular weight is 340 g/mol. The molecule has 2 heterocycles. The van der Waals surface area contributed by atoms with Crippen molar-refractivity contribution < 1.29 is 9.59 Å². The van der Waals surface area contributed by atoms with E-state index in [1.807, 2.05) is 36.4 Å². The van der Waals surface area contributed by atoms with Crippen molar-refractivity contribution in [3.05, 3.63) is 60.2 Å². The maximum absolute atomic E-state index is 11.7. The van der Waals surface area contributed by atoms with Gasteiger partial charge in [0.2, 0.25) is 11.8 Å². The molecular weight excluding hydrogens is 316 g/mol. The van der Waals surface area contributed by atoms with Gasteiger partial charge in [-0.15, -0.1) is 0 Å². The van der Waals surface area contributed by atoms with E-state index in [0.29, 0.717) is 25.9 Å². The van der Waals surface area contributed by atoms with Crippen LogP contribution in [0.15, 0.2) is 48.8 Å². The zero-order chi connectivity index (χ0) is 17.7. The molecule has 2 aromatic heterocycles. The van der Waals surface area contributed by atoms with E-state index in [2.05, 4.69) is 20.6 Å². The van der Waals surface area contributed by atoms with Crippen molar-refractivity contribution in [1.29, 1.82) is 0 Å². The lowest BCUT2D eigenvalue weighted by molar-refractivity contribution is -0.121. The molecule has 2 N–H and O–H groups in total. The third kappa shape index (κ3) is 8.06. The van der Waals surface area contributed by atoms with Crippen molar-refractivity contribution in [2.24, 2.45) is 0 Å². The Bertz CT molecular complexity index is 589. The van der Waals surface area contributed by atoms with Gasteiger partial charge in [-0.25, -0.2) is 0 Å². The fraction of sp³-hybridized carbons (Fsp3) is 0.368. The maximum Gasteiger partial charge on any atom is 0.220 e. The van der Waals surface area contributed by atoms with Crippen molar-refractivity contribution in [1.82, 2.24) is 20.6 Å². The fourth-order valence-electron chi connectivity index (χ4n) is 2.31. The van der Waals surface area contributed by atoms with Crippen molar-refractivity contribution in [3.63, 3.8) is 0 Å². The predicted octanol–water partition coefficient (Wildman–Crippen LogP) is 2.36. The van der Waals surface area contributed by atoms with E-state index in [4.69, 9.17) is 0 Å². The van der Waals surface area contributed by atoms with Gasteiger partial charge in [0.25, 0.3) is 0 Å². The summed E-state index contributed by atoms with van der Waals surface area (Å²) in [4.78, 5) is 31.8. The largest absolute Gasteiger partial charge is 0.350 e. The third-order valence-electron chi connectivity index (χ3n) is 3.69. The summed E-state index contributed by atoms with van der Waals surface area (Å²) in [5, 5.41) is 5.70. The van der Waals surface area contributed by atoms with Crippen LogP contribution in [0.5, 0.6) is 0 Å². The van der Waals surface area contributed by atoms with Crippen LogP contribution in [0.2, 0.25) is 0 Å². The summed E-state index contributed by atoms with van der Waals surface area (Å²) in [5.74, 6) is 0.0375. The van der Waals surface area contributed by atoms with Gasteiger partial charge in [0.15, 0.2) is 0 Å². The average Bonchev–Trinajstić information content (AvgIpc) is 2.66. The van der Waals surface area contributed by atoms with E-state index in [0.717, 1.165) is 30.7 Å². The number of aromatic nitrogens is 2. The quantitative estimate of drug-likeness (QED) is 0.650. The molecule has 0 unspecified atom stereocenters. The monoisotopic (exact) mass is 340 g/mol. The number of nitrogens with one attached hydrogen (secondary N) is 2. The molecule has 2 aromatic rings. The van der Waals surface area contributed by atoms with E-state index >= 15 is 0 Å². The lowest BCUT2D eigenvalue weighted by atomic mass is 10.1. The van der Waals surface area contributed by atoms with Crippen LogP contribution in [-0.2, 0) is 22.7 Å². The molecule has 0 spiro atoms. The Labute approximate surface area is 148 Å². The van der Waals surface area contributed by atoms with Gasteiger partial charge in [-0.2, -0.15) is 0 Å². The van der Waals surface area contributed by atoms with Crippen LogP contribution in [0, 0.1) is 0 Å². The lowest BCUT2D eigenvalue weighted by Crippen LogP contribution is -2.23. The molecule has 6 nitrogen and oxygen atoms in total. The Morgan fingerprint density at radius 3 is 1.60 bits per heavy atom. The van der Waals surface area contributed by atoms with Gasteiger partial charge in [-0.1, -0.05) is 18.6 Å². The molecule has 0 bridgehead atoms. The molecule has 0 aromatic carbocycles. The lowest BCUT2D eigenvalue weighted by Gasteiger charge is -2.06. The van der Waals surface area contributed by atoms with Crippen LogP contribution in [0.1, 0.15) is 43.5 Å². The van der Waals surface area contributed by atoms with E-state index < -0.39 is 0 Å². The minimum absolute atomic E-state index is 0.0188. The van der Waals surface area contributed by atoms with Crippen LogP contribution in [0.4, 0.5) is 0 Å². The van der Waals surface area contributed by atoms with Gasteiger partial charge in [-0.3, -0.25) is 19.6 Å². The number of hydrogen-bond acceptors (Lipinski definition) is 4. The van der Waals surface area contributed by atoms with Gasteiger partial charge < -0.3 is 10.6 Å². The highest BCUT2D eigenvalue weighted by Gasteiger charge is 2.04. The predicted molar refractivity (Wildman–Crippen MR) is 95.3 cm³/mol. The number of nitrogens with zero attached hydrogens (tertiary/aromatic N) is 2. The Kier molecular flexibility index (Phi) is 8.11. The Balaban J connectivity index is 1.48. The van der Waals surface area contributed by atoms with E-state index in [1.165, 1.54) is 0 Å². The van der Waals surface area contributed by atoms with Gasteiger partial charge in [0.05, 0.1) is 24.5 Å². The molecule has 25 heavy (non-hydrogen) atoms.